The number of hydrogen-bond donors (Lipinski definition) is 1. The molecule has 1 unspecified atom stereocenters. The quantitative estimate of drug-likeness (QED) is 0.881. The summed E-state index contributed by atoms with van der Waals surface area (Å²) in [6, 6.07) is 2.47. The zero-order chi connectivity index (χ0) is 10.8. The van der Waals surface area contributed by atoms with Gasteiger partial charge in [0.05, 0.1) is 4.88 Å². The van der Waals surface area contributed by atoms with Crippen molar-refractivity contribution in [1.82, 2.24) is 10.2 Å². The second-order valence-corrected chi connectivity index (χ2v) is 4.87. The summed E-state index contributed by atoms with van der Waals surface area (Å²) in [5, 5.41) is 5.20. The molecule has 0 saturated carbocycles. The lowest BCUT2D eigenvalue weighted by atomic mass is 10.2. The van der Waals surface area contributed by atoms with E-state index in [2.05, 4.69) is 5.32 Å². The van der Waals surface area contributed by atoms with E-state index >= 15 is 0 Å². The molecule has 1 fully saturated rings. The maximum absolute atomic E-state index is 12.1. The van der Waals surface area contributed by atoms with Crippen LogP contribution in [0.2, 0.25) is 0 Å². The Bertz CT molecular complexity index is 367. The molecule has 0 bridgehead atoms. The Balaban J connectivity index is 0.00000128. The fourth-order valence-corrected chi connectivity index (χ4v) is 2.81. The van der Waals surface area contributed by atoms with E-state index < -0.39 is 0 Å². The maximum Gasteiger partial charge on any atom is 0.264 e. The first kappa shape index (κ1) is 13.5. The van der Waals surface area contributed by atoms with Gasteiger partial charge in [0.15, 0.2) is 0 Å². The van der Waals surface area contributed by atoms with Crippen LogP contribution in [0.4, 0.5) is 0 Å². The molecule has 16 heavy (non-hydrogen) atoms. The summed E-state index contributed by atoms with van der Waals surface area (Å²) < 4.78 is 0. The van der Waals surface area contributed by atoms with E-state index in [-0.39, 0.29) is 18.3 Å². The van der Waals surface area contributed by atoms with Gasteiger partial charge in [0.2, 0.25) is 0 Å². The van der Waals surface area contributed by atoms with E-state index in [1.54, 1.807) is 11.3 Å². The second kappa shape index (κ2) is 5.66. The van der Waals surface area contributed by atoms with Crippen LogP contribution < -0.4 is 5.32 Å². The highest BCUT2D eigenvalue weighted by Gasteiger charge is 2.26. The highest BCUT2D eigenvalue weighted by Crippen LogP contribution is 2.20. The Labute approximate surface area is 106 Å². The van der Waals surface area contributed by atoms with Crippen molar-refractivity contribution in [2.24, 2.45) is 0 Å². The topological polar surface area (TPSA) is 32.3 Å². The maximum atomic E-state index is 12.1. The fourth-order valence-electron chi connectivity index (χ4n) is 1.92. The molecule has 1 aliphatic rings. The first-order chi connectivity index (χ1) is 7.22. The number of likely N-dealkylation sites (tertiary alicyclic amines) is 1. The van der Waals surface area contributed by atoms with Gasteiger partial charge in [0.25, 0.3) is 5.91 Å². The molecule has 0 aliphatic carbocycles. The van der Waals surface area contributed by atoms with Gasteiger partial charge in [0, 0.05) is 19.1 Å². The molecule has 1 aliphatic heterocycles. The zero-order valence-corrected chi connectivity index (χ0v) is 11.2. The molecule has 1 N–H and O–H groups in total. The van der Waals surface area contributed by atoms with Gasteiger partial charge in [0.1, 0.15) is 0 Å². The van der Waals surface area contributed by atoms with Gasteiger partial charge < -0.3 is 10.2 Å². The van der Waals surface area contributed by atoms with Crippen LogP contribution in [0.3, 0.4) is 0 Å². The number of thiophene rings is 1. The molecule has 2 rings (SSSR count). The summed E-state index contributed by atoms with van der Waals surface area (Å²) in [4.78, 5) is 14.9. The molecule has 2 heterocycles. The molecular formula is C11H17ClN2OS. The van der Waals surface area contributed by atoms with E-state index in [0.29, 0.717) is 6.04 Å². The van der Waals surface area contributed by atoms with Crippen LogP contribution >= 0.6 is 23.7 Å². The molecule has 1 aromatic rings. The molecule has 1 atom stereocenters. The molecule has 1 amide bonds. The number of nitrogens with one attached hydrogen (secondary N) is 1. The fraction of sp³-hybridized carbons (Fsp3) is 0.545. The van der Waals surface area contributed by atoms with Crippen molar-refractivity contribution in [2.45, 2.75) is 19.4 Å². The Kier molecular flexibility index (Phi) is 4.77. The van der Waals surface area contributed by atoms with Gasteiger partial charge in [-0.25, -0.2) is 0 Å². The molecule has 0 aromatic carbocycles. The van der Waals surface area contributed by atoms with Crippen LogP contribution in [0.25, 0.3) is 0 Å². The smallest absolute Gasteiger partial charge is 0.264 e. The van der Waals surface area contributed by atoms with Crippen molar-refractivity contribution in [3.8, 4) is 0 Å². The minimum absolute atomic E-state index is 0. The zero-order valence-electron chi connectivity index (χ0n) is 9.53. The van der Waals surface area contributed by atoms with E-state index in [4.69, 9.17) is 0 Å². The van der Waals surface area contributed by atoms with Crippen LogP contribution in [-0.4, -0.2) is 37.0 Å². The third kappa shape index (κ3) is 2.56. The molecule has 0 radical (unpaired) electrons. The van der Waals surface area contributed by atoms with Crippen molar-refractivity contribution in [1.29, 1.82) is 0 Å². The van der Waals surface area contributed by atoms with Crippen LogP contribution in [-0.2, 0) is 0 Å². The molecule has 1 aromatic heterocycles. The van der Waals surface area contributed by atoms with E-state index in [1.807, 2.05) is 30.3 Å². The first-order valence-corrected chi connectivity index (χ1v) is 6.11. The standard InChI is InChI=1S/C11H16N2OS.ClH/c1-8-4-6-15-10(8)11(14)13-5-3-9(7-13)12-2;/h4,6,9,12H,3,5,7H2,1-2H3;1H. The normalized spacial score (nSPS) is 19.6. The number of halogens is 1. The third-order valence-corrected chi connectivity index (χ3v) is 3.94. The summed E-state index contributed by atoms with van der Waals surface area (Å²) in [7, 11) is 1.95. The number of carbonyl (C=O) groups is 1. The number of nitrogens with zero attached hydrogens (tertiary/aromatic N) is 1. The van der Waals surface area contributed by atoms with Gasteiger partial charge in [-0.3, -0.25) is 4.79 Å². The SMILES string of the molecule is CNC1CCN(C(=O)c2sccc2C)C1.Cl. The number of aryl methyl sites for hydroxylation is 1. The Morgan fingerprint density at radius 1 is 1.62 bits per heavy atom. The molecule has 1 saturated heterocycles. The first-order valence-electron chi connectivity index (χ1n) is 5.23. The predicted molar refractivity (Wildman–Crippen MR) is 69.7 cm³/mol. The van der Waals surface area contributed by atoms with Crippen molar-refractivity contribution in [3.05, 3.63) is 21.9 Å². The average Bonchev–Trinajstić information content (AvgIpc) is 2.84. The minimum atomic E-state index is 0. The summed E-state index contributed by atoms with van der Waals surface area (Å²) in [5.74, 6) is 0.195. The molecule has 3 nitrogen and oxygen atoms in total. The Morgan fingerprint density at radius 3 is 2.88 bits per heavy atom. The van der Waals surface area contributed by atoms with Gasteiger partial charge in [-0.2, -0.15) is 0 Å². The van der Waals surface area contributed by atoms with Crippen LogP contribution in [0.1, 0.15) is 21.7 Å². The minimum Gasteiger partial charge on any atom is -0.336 e. The highest BCUT2D eigenvalue weighted by atomic mass is 35.5. The molecule has 90 valence electrons. The van der Waals surface area contributed by atoms with Gasteiger partial charge in [-0.1, -0.05) is 0 Å². The number of hydrogen-bond acceptors (Lipinski definition) is 3. The van der Waals surface area contributed by atoms with E-state index in [1.165, 1.54) is 0 Å². The van der Waals surface area contributed by atoms with Crippen LogP contribution in [0.15, 0.2) is 11.4 Å². The van der Waals surface area contributed by atoms with E-state index in [9.17, 15) is 4.79 Å². The summed E-state index contributed by atoms with van der Waals surface area (Å²) in [6.07, 6.45) is 1.06. The van der Waals surface area contributed by atoms with Crippen molar-refractivity contribution >= 4 is 29.7 Å². The predicted octanol–water partition coefficient (Wildman–Crippen LogP) is 1.91. The number of amides is 1. The molecule has 0 spiro atoms. The average molecular weight is 261 g/mol. The molecular weight excluding hydrogens is 244 g/mol. The van der Waals surface area contributed by atoms with Crippen molar-refractivity contribution < 1.29 is 4.79 Å². The monoisotopic (exact) mass is 260 g/mol. The third-order valence-electron chi connectivity index (χ3n) is 2.94. The Morgan fingerprint density at radius 2 is 2.38 bits per heavy atom. The van der Waals surface area contributed by atoms with Crippen LogP contribution in [0, 0.1) is 6.92 Å². The lowest BCUT2D eigenvalue weighted by Gasteiger charge is -2.15. The summed E-state index contributed by atoms with van der Waals surface area (Å²) in [6.45, 7) is 3.71. The number of rotatable bonds is 2. The largest absolute Gasteiger partial charge is 0.336 e. The Hall–Kier alpha value is -0.580. The molecule has 5 heteroatoms. The second-order valence-electron chi connectivity index (χ2n) is 3.96. The number of likely N-dealkylation sites (N-methyl/N-ethyl adjacent to an activating group) is 1. The summed E-state index contributed by atoms with van der Waals surface area (Å²) >= 11 is 1.54. The van der Waals surface area contributed by atoms with Gasteiger partial charge >= 0.3 is 0 Å². The highest BCUT2D eigenvalue weighted by molar-refractivity contribution is 7.12. The van der Waals surface area contributed by atoms with Crippen LogP contribution in [0.5, 0.6) is 0 Å². The van der Waals surface area contributed by atoms with Crippen molar-refractivity contribution in [2.75, 3.05) is 20.1 Å². The van der Waals surface area contributed by atoms with Gasteiger partial charge in [-0.15, -0.1) is 23.7 Å². The summed E-state index contributed by atoms with van der Waals surface area (Å²) in [5.41, 5.74) is 1.10. The van der Waals surface area contributed by atoms with E-state index in [0.717, 1.165) is 30.0 Å². The lowest BCUT2D eigenvalue weighted by Crippen LogP contribution is -2.33. The van der Waals surface area contributed by atoms with Crippen molar-refractivity contribution in [3.63, 3.8) is 0 Å². The lowest BCUT2D eigenvalue weighted by molar-refractivity contribution is 0.0794. The van der Waals surface area contributed by atoms with Gasteiger partial charge in [-0.05, 0) is 37.4 Å². The number of carbonyl (C=O) groups excluding carboxylic acids is 1.